The molecule has 2 aromatic carbocycles. The quantitative estimate of drug-likeness (QED) is 0.688. The third-order valence-electron chi connectivity index (χ3n) is 5.14. The highest BCUT2D eigenvalue weighted by Crippen LogP contribution is 2.32. The number of ether oxygens (including phenoxy) is 1. The first kappa shape index (κ1) is 19.9. The van der Waals surface area contributed by atoms with Gasteiger partial charge in [-0.1, -0.05) is 56.3 Å². The summed E-state index contributed by atoms with van der Waals surface area (Å²) in [6.07, 6.45) is 0.383. The van der Waals surface area contributed by atoms with E-state index in [1.807, 2.05) is 61.5 Å². The number of aliphatic hydroxyl groups is 1. The van der Waals surface area contributed by atoms with E-state index in [-0.39, 0.29) is 19.1 Å². The van der Waals surface area contributed by atoms with Crippen LogP contribution in [-0.4, -0.2) is 41.2 Å². The molecule has 1 aliphatic rings. The molecule has 2 atom stereocenters. The number of aryl methyl sites for hydroxylation is 1. The first-order valence-electron chi connectivity index (χ1n) is 9.59. The molecule has 0 bridgehead atoms. The van der Waals surface area contributed by atoms with Gasteiger partial charge in [0.25, 0.3) is 5.91 Å². The number of nitrogens with one attached hydrogen (secondary N) is 1. The van der Waals surface area contributed by atoms with Crippen molar-refractivity contribution in [3.8, 4) is 5.75 Å². The number of carbonyl (C=O) groups is 2. The van der Waals surface area contributed by atoms with Gasteiger partial charge in [-0.2, -0.15) is 0 Å². The van der Waals surface area contributed by atoms with Crippen molar-refractivity contribution in [3.05, 3.63) is 65.7 Å². The van der Waals surface area contributed by atoms with E-state index in [1.165, 1.54) is 5.56 Å². The Kier molecular flexibility index (Phi) is 5.99. The van der Waals surface area contributed by atoms with Crippen LogP contribution in [0.25, 0.3) is 0 Å². The molecule has 0 aromatic heterocycles. The van der Waals surface area contributed by atoms with Gasteiger partial charge in [0.2, 0.25) is 0 Å². The number of aliphatic hydroxyl groups excluding tert-OH is 1. The summed E-state index contributed by atoms with van der Waals surface area (Å²) >= 11 is 0. The zero-order chi connectivity index (χ0) is 20.1. The maximum absolute atomic E-state index is 13.0. The van der Waals surface area contributed by atoms with Gasteiger partial charge in [0.15, 0.2) is 0 Å². The van der Waals surface area contributed by atoms with Crippen LogP contribution in [0.2, 0.25) is 0 Å². The lowest BCUT2D eigenvalue weighted by Crippen LogP contribution is -2.44. The van der Waals surface area contributed by atoms with Crippen molar-refractivity contribution in [1.29, 1.82) is 0 Å². The molecular weight excluding hydrogens is 356 g/mol. The molecule has 0 spiro atoms. The first-order chi connectivity index (χ1) is 13.5. The summed E-state index contributed by atoms with van der Waals surface area (Å²) in [5, 5.41) is 13.1. The van der Waals surface area contributed by atoms with Crippen molar-refractivity contribution < 1.29 is 19.4 Å². The van der Waals surface area contributed by atoms with Crippen LogP contribution in [0.5, 0.6) is 5.75 Å². The van der Waals surface area contributed by atoms with Crippen LogP contribution in [0, 0.1) is 0 Å². The molecule has 28 heavy (non-hydrogen) atoms. The summed E-state index contributed by atoms with van der Waals surface area (Å²) < 4.78 is 5.59. The molecule has 6 heteroatoms. The standard InChI is InChI=1S/C22H26N2O4/c1-3-16-10-12-19(13-11-16)28-15-18(25)14-24-20(26)22(4-2,23-21(24)27)17-8-6-5-7-9-17/h5-13,18,25H,3-4,14-15H2,1-2H3,(H,23,27)/t18-,22+/m1/s1. The van der Waals surface area contributed by atoms with E-state index in [9.17, 15) is 14.7 Å². The lowest BCUT2D eigenvalue weighted by atomic mass is 9.87. The molecule has 148 valence electrons. The van der Waals surface area contributed by atoms with Crippen molar-refractivity contribution >= 4 is 11.9 Å². The van der Waals surface area contributed by atoms with Gasteiger partial charge in [0.05, 0.1) is 6.54 Å². The minimum atomic E-state index is -1.09. The summed E-state index contributed by atoms with van der Waals surface area (Å²) in [5.74, 6) is 0.290. The summed E-state index contributed by atoms with van der Waals surface area (Å²) in [6, 6.07) is 16.3. The monoisotopic (exact) mass is 382 g/mol. The lowest BCUT2D eigenvalue weighted by Gasteiger charge is -2.26. The van der Waals surface area contributed by atoms with Gasteiger partial charge in [-0.15, -0.1) is 0 Å². The van der Waals surface area contributed by atoms with Crippen LogP contribution < -0.4 is 10.1 Å². The first-order valence-corrected chi connectivity index (χ1v) is 9.59. The minimum Gasteiger partial charge on any atom is -0.491 e. The molecule has 2 N–H and O–H groups in total. The molecule has 0 radical (unpaired) electrons. The average molecular weight is 382 g/mol. The molecule has 2 aromatic rings. The molecule has 0 aliphatic carbocycles. The second-order valence-corrected chi connectivity index (χ2v) is 6.93. The topological polar surface area (TPSA) is 78.9 Å². The fourth-order valence-corrected chi connectivity index (χ4v) is 3.43. The van der Waals surface area contributed by atoms with Crippen LogP contribution in [-0.2, 0) is 16.8 Å². The predicted octanol–water partition coefficient (Wildman–Crippen LogP) is 2.85. The van der Waals surface area contributed by atoms with Crippen LogP contribution >= 0.6 is 0 Å². The van der Waals surface area contributed by atoms with Crippen LogP contribution in [0.15, 0.2) is 54.6 Å². The summed E-state index contributed by atoms with van der Waals surface area (Å²) in [4.78, 5) is 26.6. The van der Waals surface area contributed by atoms with Gasteiger partial charge in [0, 0.05) is 0 Å². The van der Waals surface area contributed by atoms with Crippen molar-refractivity contribution in [2.24, 2.45) is 0 Å². The molecular formula is C22H26N2O4. The highest BCUT2D eigenvalue weighted by atomic mass is 16.5. The zero-order valence-corrected chi connectivity index (χ0v) is 16.2. The van der Waals surface area contributed by atoms with Crippen LogP contribution in [0.4, 0.5) is 4.79 Å². The molecule has 3 rings (SSSR count). The van der Waals surface area contributed by atoms with Crippen LogP contribution in [0.1, 0.15) is 31.4 Å². The second kappa shape index (κ2) is 8.44. The third-order valence-corrected chi connectivity index (χ3v) is 5.14. The molecule has 0 unspecified atom stereocenters. The molecule has 1 heterocycles. The highest BCUT2D eigenvalue weighted by Gasteiger charge is 2.51. The Morgan fingerprint density at radius 1 is 1.07 bits per heavy atom. The molecule has 0 saturated carbocycles. The summed E-state index contributed by atoms with van der Waals surface area (Å²) in [7, 11) is 0. The van der Waals surface area contributed by atoms with Gasteiger partial charge >= 0.3 is 6.03 Å². The highest BCUT2D eigenvalue weighted by molar-refractivity contribution is 6.07. The van der Waals surface area contributed by atoms with Crippen molar-refractivity contribution in [3.63, 3.8) is 0 Å². The normalized spacial score (nSPS) is 20.2. The predicted molar refractivity (Wildman–Crippen MR) is 106 cm³/mol. The summed E-state index contributed by atoms with van der Waals surface area (Å²) in [5.41, 5.74) is 0.846. The van der Waals surface area contributed by atoms with Gasteiger partial charge in [-0.25, -0.2) is 4.79 Å². The van der Waals surface area contributed by atoms with Crippen molar-refractivity contribution in [2.75, 3.05) is 13.2 Å². The number of β-amino-alcohol motifs (C(OH)–C–C–N with tert-alkyl or cyclic N) is 1. The van der Waals surface area contributed by atoms with Gasteiger partial charge in [0.1, 0.15) is 24.0 Å². The van der Waals surface area contributed by atoms with E-state index in [1.54, 1.807) is 0 Å². The number of urea groups is 1. The Hall–Kier alpha value is -2.86. The maximum Gasteiger partial charge on any atom is 0.325 e. The SMILES string of the molecule is CCc1ccc(OC[C@H](O)CN2C(=O)N[C@@](CC)(c3ccccc3)C2=O)cc1. The molecule has 3 amide bonds. The lowest BCUT2D eigenvalue weighted by molar-refractivity contribution is -0.132. The third kappa shape index (κ3) is 3.87. The Labute approximate surface area is 165 Å². The number of imide groups is 1. The van der Waals surface area contributed by atoms with Crippen molar-refractivity contribution in [2.45, 2.75) is 38.3 Å². The maximum atomic E-state index is 13.0. The van der Waals surface area contributed by atoms with Gasteiger partial charge in [-0.3, -0.25) is 9.69 Å². The molecule has 1 fully saturated rings. The van der Waals surface area contributed by atoms with Crippen LogP contribution in [0.3, 0.4) is 0 Å². The smallest absolute Gasteiger partial charge is 0.325 e. The number of hydrogen-bond acceptors (Lipinski definition) is 4. The Morgan fingerprint density at radius 2 is 1.75 bits per heavy atom. The van der Waals surface area contributed by atoms with Gasteiger partial charge < -0.3 is 15.2 Å². The molecule has 1 aliphatic heterocycles. The number of carbonyl (C=O) groups excluding carboxylic acids is 2. The minimum absolute atomic E-state index is 0.00695. The average Bonchev–Trinajstić information content (AvgIpc) is 2.98. The largest absolute Gasteiger partial charge is 0.491 e. The fraction of sp³-hybridized carbons (Fsp3) is 0.364. The van der Waals surface area contributed by atoms with Gasteiger partial charge in [-0.05, 0) is 36.1 Å². The number of nitrogens with zero attached hydrogens (tertiary/aromatic N) is 1. The molecule has 6 nitrogen and oxygen atoms in total. The number of benzene rings is 2. The van der Waals surface area contributed by atoms with Crippen molar-refractivity contribution in [1.82, 2.24) is 10.2 Å². The Morgan fingerprint density at radius 3 is 2.36 bits per heavy atom. The Balaban J connectivity index is 1.64. The summed E-state index contributed by atoms with van der Waals surface area (Å²) in [6.45, 7) is 3.80. The fourth-order valence-electron chi connectivity index (χ4n) is 3.43. The Bertz CT molecular complexity index is 822. The molecule has 1 saturated heterocycles. The zero-order valence-electron chi connectivity index (χ0n) is 16.2. The van der Waals surface area contributed by atoms with E-state index in [4.69, 9.17) is 4.74 Å². The van der Waals surface area contributed by atoms with E-state index in [0.29, 0.717) is 12.2 Å². The van der Waals surface area contributed by atoms with E-state index in [0.717, 1.165) is 16.9 Å². The number of hydrogen-bond donors (Lipinski definition) is 2. The number of rotatable bonds is 8. The number of amides is 3. The van der Waals surface area contributed by atoms with E-state index >= 15 is 0 Å². The second-order valence-electron chi connectivity index (χ2n) is 6.93. The van der Waals surface area contributed by atoms with E-state index < -0.39 is 17.7 Å². The van der Waals surface area contributed by atoms with E-state index in [2.05, 4.69) is 12.2 Å².